The molecule has 0 saturated carbocycles. The van der Waals surface area contributed by atoms with E-state index in [0.717, 1.165) is 24.8 Å². The second-order valence-electron chi connectivity index (χ2n) is 4.79. The van der Waals surface area contributed by atoms with Gasteiger partial charge in [0.2, 0.25) is 10.0 Å². The van der Waals surface area contributed by atoms with Crippen LogP contribution in [0.4, 0.5) is 5.69 Å². The molecule has 0 aliphatic carbocycles. The number of hydrogen-bond donors (Lipinski definition) is 1. The molecule has 1 heterocycles. The number of nitrogens with zero attached hydrogens (tertiary/aromatic N) is 1. The van der Waals surface area contributed by atoms with E-state index in [1.54, 1.807) is 13.1 Å². The third kappa shape index (κ3) is 2.69. The molecule has 5 nitrogen and oxygen atoms in total. The van der Waals surface area contributed by atoms with Gasteiger partial charge in [-0.2, -0.15) is 0 Å². The lowest BCUT2D eigenvalue weighted by Gasteiger charge is -2.23. The maximum absolute atomic E-state index is 12.5. The lowest BCUT2D eigenvalue weighted by molar-refractivity contribution is 0.279. The van der Waals surface area contributed by atoms with E-state index < -0.39 is 10.0 Å². The number of nitrogen functional groups attached to an aromatic ring is 1. The standard InChI is InChI=1S/C13H20N2O3S/c1-3-6-15(2)19(16,17)12-9-11(14)8-10-5-4-7-18-13(10)12/h8-9H,3-7,14H2,1-2H3. The van der Waals surface area contributed by atoms with Crippen molar-refractivity contribution in [3.63, 3.8) is 0 Å². The highest BCUT2D eigenvalue weighted by Crippen LogP contribution is 2.35. The largest absolute Gasteiger partial charge is 0.492 e. The Labute approximate surface area is 114 Å². The summed E-state index contributed by atoms with van der Waals surface area (Å²) in [6.07, 6.45) is 2.46. The monoisotopic (exact) mass is 284 g/mol. The normalized spacial score (nSPS) is 15.1. The summed E-state index contributed by atoms with van der Waals surface area (Å²) in [7, 11) is -1.96. The van der Waals surface area contributed by atoms with Crippen LogP contribution in [0, 0.1) is 0 Å². The molecule has 0 aromatic heterocycles. The van der Waals surface area contributed by atoms with Gasteiger partial charge in [0.25, 0.3) is 0 Å². The summed E-state index contributed by atoms with van der Waals surface area (Å²) < 4.78 is 32.0. The number of ether oxygens (including phenoxy) is 1. The number of rotatable bonds is 4. The van der Waals surface area contributed by atoms with Crippen LogP contribution in [0.15, 0.2) is 17.0 Å². The fourth-order valence-electron chi connectivity index (χ4n) is 2.26. The van der Waals surface area contributed by atoms with Gasteiger partial charge in [-0.1, -0.05) is 6.92 Å². The fraction of sp³-hybridized carbons (Fsp3) is 0.538. The molecular formula is C13H20N2O3S. The molecule has 19 heavy (non-hydrogen) atoms. The Morgan fingerprint density at radius 3 is 2.84 bits per heavy atom. The Bertz CT molecular complexity index is 569. The third-order valence-electron chi connectivity index (χ3n) is 3.22. The van der Waals surface area contributed by atoms with E-state index in [0.29, 0.717) is 24.6 Å². The first-order valence-corrected chi connectivity index (χ1v) is 7.92. The van der Waals surface area contributed by atoms with Crippen molar-refractivity contribution in [2.45, 2.75) is 31.1 Å². The number of anilines is 1. The molecule has 0 bridgehead atoms. The van der Waals surface area contributed by atoms with Crippen molar-refractivity contribution in [2.24, 2.45) is 0 Å². The molecule has 0 spiro atoms. The van der Waals surface area contributed by atoms with Crippen LogP contribution in [0.3, 0.4) is 0 Å². The minimum atomic E-state index is -3.54. The first-order chi connectivity index (χ1) is 8.96. The predicted octanol–water partition coefficient (Wildman–Crippen LogP) is 1.62. The summed E-state index contributed by atoms with van der Waals surface area (Å²) in [4.78, 5) is 0.193. The van der Waals surface area contributed by atoms with Crippen LogP contribution in [0.25, 0.3) is 0 Å². The average molecular weight is 284 g/mol. The van der Waals surface area contributed by atoms with E-state index >= 15 is 0 Å². The third-order valence-corrected chi connectivity index (χ3v) is 5.08. The molecule has 0 fully saturated rings. The average Bonchev–Trinajstić information content (AvgIpc) is 2.37. The van der Waals surface area contributed by atoms with Crippen LogP contribution >= 0.6 is 0 Å². The molecule has 2 rings (SSSR count). The molecule has 1 aliphatic rings. The van der Waals surface area contributed by atoms with E-state index in [1.165, 1.54) is 10.4 Å². The molecular weight excluding hydrogens is 264 g/mol. The summed E-state index contributed by atoms with van der Waals surface area (Å²) in [5.41, 5.74) is 7.16. The van der Waals surface area contributed by atoms with Gasteiger partial charge < -0.3 is 10.5 Å². The van der Waals surface area contributed by atoms with Crippen LogP contribution in [0.5, 0.6) is 5.75 Å². The number of fused-ring (bicyclic) bond motifs is 1. The van der Waals surface area contributed by atoms with E-state index in [9.17, 15) is 8.42 Å². The number of benzene rings is 1. The van der Waals surface area contributed by atoms with Gasteiger partial charge in [0.05, 0.1) is 6.61 Å². The van der Waals surface area contributed by atoms with Gasteiger partial charge in [-0.25, -0.2) is 12.7 Å². The molecule has 0 radical (unpaired) electrons. The van der Waals surface area contributed by atoms with Crippen molar-refractivity contribution in [1.82, 2.24) is 4.31 Å². The highest BCUT2D eigenvalue weighted by atomic mass is 32.2. The van der Waals surface area contributed by atoms with Crippen LogP contribution in [-0.4, -0.2) is 32.9 Å². The Morgan fingerprint density at radius 1 is 1.42 bits per heavy atom. The van der Waals surface area contributed by atoms with Crippen LogP contribution in [0.2, 0.25) is 0 Å². The van der Waals surface area contributed by atoms with E-state index in [1.807, 2.05) is 6.92 Å². The first-order valence-electron chi connectivity index (χ1n) is 6.48. The molecule has 0 atom stereocenters. The number of aryl methyl sites for hydroxylation is 1. The number of sulfonamides is 1. The van der Waals surface area contributed by atoms with Gasteiger partial charge in [0, 0.05) is 19.3 Å². The quantitative estimate of drug-likeness (QED) is 0.853. The minimum absolute atomic E-state index is 0.193. The SMILES string of the molecule is CCCN(C)S(=O)(=O)c1cc(N)cc2c1OCCC2. The first kappa shape index (κ1) is 14.1. The Hall–Kier alpha value is -1.27. The highest BCUT2D eigenvalue weighted by Gasteiger charge is 2.28. The van der Waals surface area contributed by atoms with Gasteiger partial charge in [-0.15, -0.1) is 0 Å². The smallest absolute Gasteiger partial charge is 0.246 e. The minimum Gasteiger partial charge on any atom is -0.492 e. The molecule has 6 heteroatoms. The van der Waals surface area contributed by atoms with Crippen LogP contribution < -0.4 is 10.5 Å². The molecule has 0 unspecified atom stereocenters. The zero-order valence-electron chi connectivity index (χ0n) is 11.3. The summed E-state index contributed by atoms with van der Waals surface area (Å²) in [5.74, 6) is 0.475. The van der Waals surface area contributed by atoms with Crippen molar-refractivity contribution in [1.29, 1.82) is 0 Å². The topological polar surface area (TPSA) is 72.6 Å². The highest BCUT2D eigenvalue weighted by molar-refractivity contribution is 7.89. The molecule has 106 valence electrons. The van der Waals surface area contributed by atoms with Gasteiger partial charge in [-0.05, 0) is 37.0 Å². The zero-order chi connectivity index (χ0) is 14.0. The summed E-state index contributed by atoms with van der Waals surface area (Å²) >= 11 is 0. The molecule has 1 aromatic rings. The second-order valence-corrected chi connectivity index (χ2v) is 6.80. The van der Waals surface area contributed by atoms with Crippen molar-refractivity contribution in [3.8, 4) is 5.75 Å². The fourth-order valence-corrected chi connectivity index (χ4v) is 3.73. The molecule has 0 saturated heterocycles. The van der Waals surface area contributed by atoms with E-state index in [-0.39, 0.29) is 4.90 Å². The number of hydrogen-bond acceptors (Lipinski definition) is 4. The Balaban J connectivity index is 2.52. The second kappa shape index (κ2) is 5.38. The van der Waals surface area contributed by atoms with Crippen molar-refractivity contribution in [3.05, 3.63) is 17.7 Å². The molecule has 1 aromatic carbocycles. The maximum Gasteiger partial charge on any atom is 0.246 e. The Morgan fingerprint density at radius 2 is 2.16 bits per heavy atom. The van der Waals surface area contributed by atoms with Crippen molar-refractivity contribution in [2.75, 3.05) is 25.9 Å². The lowest BCUT2D eigenvalue weighted by Crippen LogP contribution is -2.29. The van der Waals surface area contributed by atoms with Crippen molar-refractivity contribution >= 4 is 15.7 Å². The molecule has 0 amide bonds. The summed E-state index contributed by atoms with van der Waals surface area (Å²) in [6.45, 7) is 2.97. The predicted molar refractivity (Wildman–Crippen MR) is 74.8 cm³/mol. The summed E-state index contributed by atoms with van der Waals surface area (Å²) in [6, 6.07) is 3.29. The van der Waals surface area contributed by atoms with Crippen molar-refractivity contribution < 1.29 is 13.2 Å². The van der Waals surface area contributed by atoms with Gasteiger partial charge in [-0.3, -0.25) is 0 Å². The van der Waals surface area contributed by atoms with Gasteiger partial charge >= 0.3 is 0 Å². The Kier molecular flexibility index (Phi) is 4.01. The van der Waals surface area contributed by atoms with Crippen LogP contribution in [-0.2, 0) is 16.4 Å². The maximum atomic E-state index is 12.5. The zero-order valence-corrected chi connectivity index (χ0v) is 12.2. The number of nitrogens with two attached hydrogens (primary N) is 1. The molecule has 2 N–H and O–H groups in total. The van der Waals surface area contributed by atoms with E-state index in [4.69, 9.17) is 10.5 Å². The van der Waals surface area contributed by atoms with Crippen LogP contribution in [0.1, 0.15) is 25.3 Å². The van der Waals surface area contributed by atoms with Gasteiger partial charge in [0.15, 0.2) is 0 Å². The summed E-state index contributed by atoms with van der Waals surface area (Å²) in [5, 5.41) is 0. The molecule has 1 aliphatic heterocycles. The lowest BCUT2D eigenvalue weighted by atomic mass is 10.1. The van der Waals surface area contributed by atoms with E-state index in [2.05, 4.69) is 0 Å². The van der Waals surface area contributed by atoms with Gasteiger partial charge in [0.1, 0.15) is 10.6 Å².